The number of methoxy groups -OCH3 is 1. The predicted octanol–water partition coefficient (Wildman–Crippen LogP) is 4.07. The number of carbonyl (C=O) groups is 1. The van der Waals surface area contributed by atoms with E-state index in [1.54, 1.807) is 7.11 Å². The van der Waals surface area contributed by atoms with Crippen LogP contribution in [0.4, 0.5) is 5.69 Å². The average molecular weight is 317 g/mol. The molecule has 4 nitrogen and oxygen atoms in total. The quantitative estimate of drug-likeness (QED) is 0.860. The molecule has 1 atom stereocenters. The van der Waals surface area contributed by atoms with Gasteiger partial charge in [-0.3, -0.25) is 4.79 Å². The molecule has 2 aliphatic rings. The number of ether oxygens (including phenoxy) is 2. The fourth-order valence-corrected chi connectivity index (χ4v) is 3.38. The van der Waals surface area contributed by atoms with Crippen LogP contribution < -0.4 is 10.1 Å². The van der Waals surface area contributed by atoms with Crippen LogP contribution in [0, 0.1) is 12.8 Å². The summed E-state index contributed by atoms with van der Waals surface area (Å²) in [5, 5.41) is 3.00. The Labute approximate surface area is 138 Å². The second kappa shape index (κ2) is 6.52. The molecule has 0 saturated heterocycles. The molecule has 0 heterocycles. The number of aryl methyl sites for hydroxylation is 1. The van der Waals surface area contributed by atoms with E-state index in [0.29, 0.717) is 12.0 Å². The minimum Gasteiger partial charge on any atom is -0.490 e. The van der Waals surface area contributed by atoms with Crippen molar-refractivity contribution in [3.05, 3.63) is 23.8 Å². The van der Waals surface area contributed by atoms with Gasteiger partial charge >= 0.3 is 0 Å². The molecule has 1 amide bonds. The monoisotopic (exact) mass is 317 g/mol. The van der Waals surface area contributed by atoms with Crippen LogP contribution in [0.15, 0.2) is 18.2 Å². The Balaban J connectivity index is 1.66. The third kappa shape index (κ3) is 3.52. The molecule has 0 bridgehead atoms. The Morgan fingerprint density at radius 3 is 2.48 bits per heavy atom. The number of benzene rings is 1. The van der Waals surface area contributed by atoms with Crippen molar-refractivity contribution in [3.63, 3.8) is 0 Å². The summed E-state index contributed by atoms with van der Waals surface area (Å²) in [6.45, 7) is 3.90. The highest BCUT2D eigenvalue weighted by Gasteiger charge is 2.47. The highest BCUT2D eigenvalue weighted by atomic mass is 16.5. The standard InChI is InChI=1S/C19H27NO3/c1-13-12-15(10-11-17(13)23-16-6-4-5-7-16)20-18(21)19(2,22-3)14-8-9-14/h10-12,14,16H,4-9H2,1-3H3,(H,20,21). The number of hydrogen-bond donors (Lipinski definition) is 1. The van der Waals surface area contributed by atoms with Gasteiger partial charge in [0.2, 0.25) is 0 Å². The van der Waals surface area contributed by atoms with E-state index in [1.165, 1.54) is 12.8 Å². The molecule has 1 unspecified atom stereocenters. The van der Waals surface area contributed by atoms with Crippen molar-refractivity contribution in [1.29, 1.82) is 0 Å². The van der Waals surface area contributed by atoms with E-state index in [0.717, 1.165) is 42.7 Å². The summed E-state index contributed by atoms with van der Waals surface area (Å²) in [5.41, 5.74) is 1.13. The van der Waals surface area contributed by atoms with Crippen LogP contribution in [0.25, 0.3) is 0 Å². The van der Waals surface area contributed by atoms with Gasteiger partial charge in [-0.15, -0.1) is 0 Å². The van der Waals surface area contributed by atoms with Crippen LogP contribution in [-0.4, -0.2) is 24.7 Å². The number of hydrogen-bond acceptors (Lipinski definition) is 3. The van der Waals surface area contributed by atoms with Crippen LogP contribution in [0.5, 0.6) is 5.75 Å². The zero-order valence-electron chi connectivity index (χ0n) is 14.4. The molecule has 3 rings (SSSR count). The fourth-order valence-electron chi connectivity index (χ4n) is 3.38. The second-order valence-electron chi connectivity index (χ2n) is 7.04. The summed E-state index contributed by atoms with van der Waals surface area (Å²) in [4.78, 5) is 12.6. The van der Waals surface area contributed by atoms with Crippen molar-refractivity contribution in [2.75, 3.05) is 12.4 Å². The highest BCUT2D eigenvalue weighted by molar-refractivity contribution is 5.97. The first-order chi connectivity index (χ1) is 11.0. The summed E-state index contributed by atoms with van der Waals surface area (Å²) in [5.74, 6) is 1.19. The van der Waals surface area contributed by atoms with E-state index in [2.05, 4.69) is 5.32 Å². The third-order valence-electron chi connectivity index (χ3n) is 5.26. The van der Waals surface area contributed by atoms with Gasteiger partial charge in [0.05, 0.1) is 6.10 Å². The maximum Gasteiger partial charge on any atom is 0.256 e. The van der Waals surface area contributed by atoms with Crippen molar-refractivity contribution in [1.82, 2.24) is 0 Å². The van der Waals surface area contributed by atoms with Gasteiger partial charge in [0.15, 0.2) is 0 Å². The van der Waals surface area contributed by atoms with Crippen LogP contribution in [0.1, 0.15) is 51.0 Å². The summed E-state index contributed by atoms with van der Waals surface area (Å²) in [6.07, 6.45) is 7.27. The number of nitrogens with one attached hydrogen (secondary N) is 1. The van der Waals surface area contributed by atoms with Gasteiger partial charge in [0.25, 0.3) is 5.91 Å². The topological polar surface area (TPSA) is 47.6 Å². The predicted molar refractivity (Wildman–Crippen MR) is 90.8 cm³/mol. The molecule has 2 fully saturated rings. The Hall–Kier alpha value is -1.55. The van der Waals surface area contributed by atoms with Gasteiger partial charge in [0.1, 0.15) is 11.4 Å². The largest absolute Gasteiger partial charge is 0.490 e. The Bertz CT molecular complexity index is 576. The van der Waals surface area contributed by atoms with Gasteiger partial charge < -0.3 is 14.8 Å². The van der Waals surface area contributed by atoms with Gasteiger partial charge in [-0.05, 0) is 82.1 Å². The summed E-state index contributed by atoms with van der Waals surface area (Å²) in [7, 11) is 1.61. The van der Waals surface area contributed by atoms with Gasteiger partial charge in [0, 0.05) is 12.8 Å². The zero-order valence-corrected chi connectivity index (χ0v) is 14.4. The van der Waals surface area contributed by atoms with Crippen molar-refractivity contribution < 1.29 is 14.3 Å². The van der Waals surface area contributed by atoms with E-state index < -0.39 is 5.60 Å². The smallest absolute Gasteiger partial charge is 0.256 e. The molecule has 0 radical (unpaired) electrons. The van der Waals surface area contributed by atoms with Crippen LogP contribution in [-0.2, 0) is 9.53 Å². The van der Waals surface area contributed by atoms with Crippen LogP contribution in [0.2, 0.25) is 0 Å². The molecule has 1 N–H and O–H groups in total. The second-order valence-corrected chi connectivity index (χ2v) is 7.04. The number of anilines is 1. The lowest BCUT2D eigenvalue weighted by Gasteiger charge is -2.27. The SMILES string of the molecule is COC(C)(C(=O)Nc1ccc(OC2CCCC2)c(C)c1)C1CC1. The van der Waals surface area contributed by atoms with Gasteiger partial charge in [-0.1, -0.05) is 0 Å². The summed E-state index contributed by atoms with van der Waals surface area (Å²) in [6, 6.07) is 5.86. The zero-order chi connectivity index (χ0) is 16.4. The van der Waals surface area contributed by atoms with Crippen molar-refractivity contribution in [2.24, 2.45) is 5.92 Å². The van der Waals surface area contributed by atoms with Gasteiger partial charge in [-0.25, -0.2) is 0 Å². The van der Waals surface area contributed by atoms with E-state index in [-0.39, 0.29) is 5.91 Å². The molecular weight excluding hydrogens is 290 g/mol. The van der Waals surface area contributed by atoms with E-state index in [1.807, 2.05) is 32.0 Å². The van der Waals surface area contributed by atoms with E-state index in [4.69, 9.17) is 9.47 Å². The van der Waals surface area contributed by atoms with Gasteiger partial charge in [-0.2, -0.15) is 0 Å². The molecule has 23 heavy (non-hydrogen) atoms. The molecule has 0 aromatic heterocycles. The number of carbonyl (C=O) groups excluding carboxylic acids is 1. The number of amides is 1. The molecule has 0 spiro atoms. The molecule has 126 valence electrons. The molecule has 0 aliphatic heterocycles. The van der Waals surface area contributed by atoms with E-state index >= 15 is 0 Å². The first-order valence-electron chi connectivity index (χ1n) is 8.67. The minimum absolute atomic E-state index is 0.0636. The van der Waals surface area contributed by atoms with Crippen LogP contribution in [0.3, 0.4) is 0 Å². The molecule has 1 aromatic carbocycles. The summed E-state index contributed by atoms with van der Waals surface area (Å²) < 4.78 is 11.6. The molecule has 4 heteroatoms. The first-order valence-corrected chi connectivity index (χ1v) is 8.67. The van der Waals surface area contributed by atoms with Crippen molar-refractivity contribution >= 4 is 11.6 Å². The Morgan fingerprint density at radius 2 is 1.91 bits per heavy atom. The lowest BCUT2D eigenvalue weighted by Crippen LogP contribution is -2.44. The fraction of sp³-hybridized carbons (Fsp3) is 0.632. The lowest BCUT2D eigenvalue weighted by molar-refractivity contribution is -0.138. The number of rotatable bonds is 6. The highest BCUT2D eigenvalue weighted by Crippen LogP contribution is 2.42. The maximum absolute atomic E-state index is 12.6. The third-order valence-corrected chi connectivity index (χ3v) is 5.26. The Kier molecular flexibility index (Phi) is 4.62. The molecular formula is C19H27NO3. The summed E-state index contributed by atoms with van der Waals surface area (Å²) >= 11 is 0. The normalized spacial score (nSPS) is 21.0. The first kappa shape index (κ1) is 16.3. The maximum atomic E-state index is 12.6. The molecule has 2 aliphatic carbocycles. The Morgan fingerprint density at radius 1 is 1.22 bits per heavy atom. The molecule has 1 aromatic rings. The van der Waals surface area contributed by atoms with E-state index in [9.17, 15) is 4.79 Å². The molecule has 2 saturated carbocycles. The lowest BCUT2D eigenvalue weighted by atomic mass is 9.99. The van der Waals surface area contributed by atoms with Crippen molar-refractivity contribution in [3.8, 4) is 5.75 Å². The average Bonchev–Trinajstić information content (AvgIpc) is 3.27. The van der Waals surface area contributed by atoms with Crippen molar-refractivity contribution in [2.45, 2.75) is 64.1 Å². The van der Waals surface area contributed by atoms with Crippen LogP contribution >= 0.6 is 0 Å². The minimum atomic E-state index is -0.729.